The molecule has 0 N–H and O–H groups in total. The topological polar surface area (TPSA) is 36.0 Å². The van der Waals surface area contributed by atoms with Gasteiger partial charge in [-0.3, -0.25) is 0 Å². The van der Waals surface area contributed by atoms with E-state index >= 15 is 0 Å². The predicted octanol–water partition coefficient (Wildman–Crippen LogP) is 3.96. The number of carbonyl (C=O) groups excluding carboxylic acids is 1. The van der Waals surface area contributed by atoms with Gasteiger partial charge in [-0.2, -0.15) is 0 Å². The first-order chi connectivity index (χ1) is 11.6. The molecule has 0 aromatic heterocycles. The standard InChI is InChI=1S/C19H30BrN3O2/c1-14-12-22(9-10-23(14)18(24)25-19(2,3)4)17-8-7-16(20)11-15(17)13-21(5)6/h7-8,11,14H,9-10,12-13H2,1-6H3. The van der Waals surface area contributed by atoms with Crippen LogP contribution in [0.25, 0.3) is 0 Å². The van der Waals surface area contributed by atoms with E-state index in [1.54, 1.807) is 0 Å². The number of carbonyl (C=O) groups is 1. The van der Waals surface area contributed by atoms with Crippen molar-refractivity contribution in [1.82, 2.24) is 9.80 Å². The number of anilines is 1. The second kappa shape index (κ2) is 7.96. The summed E-state index contributed by atoms with van der Waals surface area (Å²) in [5.41, 5.74) is 2.07. The molecule has 1 aromatic rings. The van der Waals surface area contributed by atoms with Crippen molar-refractivity contribution in [2.24, 2.45) is 0 Å². The molecule has 140 valence electrons. The lowest BCUT2D eigenvalue weighted by molar-refractivity contribution is 0.0159. The molecule has 0 radical (unpaired) electrons. The molecule has 1 heterocycles. The highest BCUT2D eigenvalue weighted by atomic mass is 79.9. The molecule has 1 unspecified atom stereocenters. The number of hydrogen-bond acceptors (Lipinski definition) is 4. The molecule has 6 heteroatoms. The molecule has 0 bridgehead atoms. The minimum absolute atomic E-state index is 0.111. The van der Waals surface area contributed by atoms with Gasteiger partial charge in [0.15, 0.2) is 0 Å². The van der Waals surface area contributed by atoms with E-state index in [2.05, 4.69) is 64.9 Å². The van der Waals surface area contributed by atoms with E-state index < -0.39 is 5.60 Å². The first-order valence-electron chi connectivity index (χ1n) is 8.74. The van der Waals surface area contributed by atoms with Crippen LogP contribution in [-0.4, -0.2) is 61.3 Å². The Morgan fingerprint density at radius 2 is 2.00 bits per heavy atom. The summed E-state index contributed by atoms with van der Waals surface area (Å²) in [7, 11) is 4.15. The lowest BCUT2D eigenvalue weighted by atomic mass is 10.1. The highest BCUT2D eigenvalue weighted by molar-refractivity contribution is 9.10. The van der Waals surface area contributed by atoms with Crippen LogP contribution in [0, 0.1) is 0 Å². The summed E-state index contributed by atoms with van der Waals surface area (Å²) < 4.78 is 6.63. The summed E-state index contributed by atoms with van der Waals surface area (Å²) in [6, 6.07) is 6.54. The monoisotopic (exact) mass is 411 g/mol. The Balaban J connectivity index is 2.12. The van der Waals surface area contributed by atoms with Crippen molar-refractivity contribution in [3.63, 3.8) is 0 Å². The average Bonchev–Trinajstić information content (AvgIpc) is 2.44. The molecule has 0 spiro atoms. The van der Waals surface area contributed by atoms with Gasteiger partial charge in [-0.1, -0.05) is 15.9 Å². The van der Waals surface area contributed by atoms with Crippen molar-refractivity contribution in [2.75, 3.05) is 38.6 Å². The summed E-state index contributed by atoms with van der Waals surface area (Å²) in [6.45, 7) is 11.0. The fourth-order valence-corrected chi connectivity index (χ4v) is 3.51. The van der Waals surface area contributed by atoms with Crippen LogP contribution in [0.3, 0.4) is 0 Å². The molecule has 5 nitrogen and oxygen atoms in total. The van der Waals surface area contributed by atoms with Crippen molar-refractivity contribution in [1.29, 1.82) is 0 Å². The van der Waals surface area contributed by atoms with E-state index in [9.17, 15) is 4.79 Å². The maximum absolute atomic E-state index is 12.4. The zero-order valence-electron chi connectivity index (χ0n) is 16.2. The third kappa shape index (κ3) is 5.61. The van der Waals surface area contributed by atoms with Gasteiger partial charge in [0.25, 0.3) is 0 Å². The number of halogens is 1. The van der Waals surface area contributed by atoms with Crippen LogP contribution in [-0.2, 0) is 11.3 Å². The van der Waals surface area contributed by atoms with Gasteiger partial charge in [-0.25, -0.2) is 4.79 Å². The van der Waals surface area contributed by atoms with E-state index in [4.69, 9.17) is 4.74 Å². The van der Waals surface area contributed by atoms with E-state index in [1.807, 2.05) is 25.7 Å². The SMILES string of the molecule is CC1CN(c2ccc(Br)cc2CN(C)C)CCN1C(=O)OC(C)(C)C. The number of ether oxygens (including phenoxy) is 1. The summed E-state index contributed by atoms with van der Waals surface area (Å²) >= 11 is 3.57. The highest BCUT2D eigenvalue weighted by Gasteiger charge is 2.31. The lowest BCUT2D eigenvalue weighted by Gasteiger charge is -2.42. The smallest absolute Gasteiger partial charge is 0.410 e. The minimum Gasteiger partial charge on any atom is -0.444 e. The molecule has 0 aliphatic carbocycles. The van der Waals surface area contributed by atoms with E-state index in [1.165, 1.54) is 11.3 Å². The van der Waals surface area contributed by atoms with Crippen molar-refractivity contribution in [3.8, 4) is 0 Å². The predicted molar refractivity (Wildman–Crippen MR) is 106 cm³/mol. The van der Waals surface area contributed by atoms with E-state index in [0.29, 0.717) is 6.54 Å². The molecule has 0 saturated carbocycles. The van der Waals surface area contributed by atoms with Gasteiger partial charge in [0.05, 0.1) is 0 Å². The molecule has 1 amide bonds. The molecule has 1 fully saturated rings. The first-order valence-corrected chi connectivity index (χ1v) is 9.54. The quantitative estimate of drug-likeness (QED) is 0.753. The zero-order chi connectivity index (χ0) is 18.8. The second-order valence-electron chi connectivity index (χ2n) is 7.98. The van der Waals surface area contributed by atoms with Gasteiger partial charge in [0.1, 0.15) is 5.60 Å². The minimum atomic E-state index is -0.460. The van der Waals surface area contributed by atoms with Gasteiger partial charge in [0.2, 0.25) is 0 Å². The van der Waals surface area contributed by atoms with Crippen molar-refractivity contribution < 1.29 is 9.53 Å². The Hall–Kier alpha value is -1.27. The van der Waals surface area contributed by atoms with Crippen molar-refractivity contribution in [3.05, 3.63) is 28.2 Å². The summed E-state index contributed by atoms with van der Waals surface area (Å²) in [6.07, 6.45) is -0.219. The van der Waals surface area contributed by atoms with Crippen LogP contribution in [0.15, 0.2) is 22.7 Å². The molecule has 2 rings (SSSR count). The number of benzene rings is 1. The van der Waals surface area contributed by atoms with Gasteiger partial charge < -0.3 is 19.4 Å². The molecular weight excluding hydrogens is 382 g/mol. The Bertz CT molecular complexity index is 613. The molecule has 1 aromatic carbocycles. The van der Waals surface area contributed by atoms with Crippen LogP contribution < -0.4 is 4.90 Å². The van der Waals surface area contributed by atoms with Gasteiger partial charge in [-0.05, 0) is 65.6 Å². The first kappa shape index (κ1) is 20.0. The van der Waals surface area contributed by atoms with Crippen LogP contribution in [0.4, 0.5) is 10.5 Å². The molecule has 1 saturated heterocycles. The molecule has 1 atom stereocenters. The summed E-state index contributed by atoms with van der Waals surface area (Å²) in [5, 5.41) is 0. The number of hydrogen-bond donors (Lipinski definition) is 0. The third-order valence-corrected chi connectivity index (χ3v) is 4.62. The summed E-state index contributed by atoms with van der Waals surface area (Å²) in [5.74, 6) is 0. The normalized spacial score (nSPS) is 18.6. The maximum atomic E-state index is 12.4. The van der Waals surface area contributed by atoms with Crippen molar-refractivity contribution in [2.45, 2.75) is 45.9 Å². The Labute approximate surface area is 160 Å². The van der Waals surface area contributed by atoms with Crippen LogP contribution in [0.5, 0.6) is 0 Å². The molecule has 1 aliphatic rings. The Kier molecular flexibility index (Phi) is 6.38. The maximum Gasteiger partial charge on any atom is 0.410 e. The van der Waals surface area contributed by atoms with Gasteiger partial charge in [-0.15, -0.1) is 0 Å². The van der Waals surface area contributed by atoms with Crippen molar-refractivity contribution >= 4 is 27.7 Å². The van der Waals surface area contributed by atoms with Crippen LogP contribution >= 0.6 is 15.9 Å². The number of piperazine rings is 1. The van der Waals surface area contributed by atoms with Gasteiger partial charge >= 0.3 is 6.09 Å². The zero-order valence-corrected chi connectivity index (χ0v) is 17.8. The van der Waals surface area contributed by atoms with E-state index in [0.717, 1.165) is 24.1 Å². The molecule has 25 heavy (non-hydrogen) atoms. The second-order valence-corrected chi connectivity index (χ2v) is 8.90. The van der Waals surface area contributed by atoms with E-state index in [-0.39, 0.29) is 12.1 Å². The summed E-state index contributed by atoms with van der Waals surface area (Å²) in [4.78, 5) is 18.8. The van der Waals surface area contributed by atoms with Crippen LogP contribution in [0.2, 0.25) is 0 Å². The number of nitrogens with zero attached hydrogens (tertiary/aromatic N) is 3. The highest BCUT2D eigenvalue weighted by Crippen LogP contribution is 2.28. The molecule has 1 aliphatic heterocycles. The average molecular weight is 412 g/mol. The largest absolute Gasteiger partial charge is 0.444 e. The fourth-order valence-electron chi connectivity index (χ4n) is 3.10. The lowest BCUT2D eigenvalue weighted by Crippen LogP contribution is -2.55. The Morgan fingerprint density at radius 1 is 1.32 bits per heavy atom. The Morgan fingerprint density at radius 3 is 2.56 bits per heavy atom. The number of amides is 1. The number of rotatable bonds is 3. The molecular formula is C19H30BrN3O2. The van der Waals surface area contributed by atoms with Gasteiger partial charge in [0, 0.05) is 42.4 Å². The fraction of sp³-hybridized carbons (Fsp3) is 0.632. The van der Waals surface area contributed by atoms with Crippen LogP contribution in [0.1, 0.15) is 33.3 Å². The third-order valence-electron chi connectivity index (χ3n) is 4.12.